The van der Waals surface area contributed by atoms with Gasteiger partial charge in [-0.05, 0) is 23.8 Å². The van der Waals surface area contributed by atoms with E-state index in [9.17, 15) is 4.39 Å². The summed E-state index contributed by atoms with van der Waals surface area (Å²) in [5.41, 5.74) is 1.13. The fourth-order valence-electron chi connectivity index (χ4n) is 1.40. The number of hydrogen-bond acceptors (Lipinski definition) is 2. The monoisotopic (exact) mass is 264 g/mol. The minimum Gasteiger partial charge on any atom is -0.253 e. The van der Waals surface area contributed by atoms with Crippen LogP contribution in [0.1, 0.15) is 5.56 Å². The molecule has 0 atom stereocenters. The lowest BCUT2D eigenvalue weighted by molar-refractivity contribution is 0.636. The van der Waals surface area contributed by atoms with Crippen LogP contribution in [-0.2, 0) is 6.42 Å². The van der Waals surface area contributed by atoms with E-state index in [1.54, 1.807) is 12.1 Å². The summed E-state index contributed by atoms with van der Waals surface area (Å²) in [4.78, 5) is 3.99. The normalized spacial score (nSPS) is 10.2. The average Bonchev–Trinajstić information content (AvgIpc) is 2.17. The molecular weight excluding hydrogens is 259 g/mol. The number of fused-ring (bicyclic) bond motifs is 1. The summed E-state index contributed by atoms with van der Waals surface area (Å²) >= 11 is 3.21. The molecule has 2 aromatic rings. The van der Waals surface area contributed by atoms with E-state index in [4.69, 9.17) is 5.26 Å². The Bertz CT molecular complexity index is 560. The number of hydrogen-bond donors (Lipinski definition) is 0. The first-order valence-electron chi connectivity index (χ1n) is 4.31. The van der Waals surface area contributed by atoms with Crippen LogP contribution in [0.15, 0.2) is 28.9 Å². The Morgan fingerprint density at radius 1 is 1.40 bits per heavy atom. The topological polar surface area (TPSA) is 36.7 Å². The number of nitrogens with zero attached hydrogens (tertiary/aromatic N) is 2. The van der Waals surface area contributed by atoms with Crippen molar-refractivity contribution in [2.24, 2.45) is 0 Å². The second-order valence-corrected chi connectivity index (χ2v) is 4.05. The van der Waals surface area contributed by atoms with Gasteiger partial charge in [-0.1, -0.05) is 15.9 Å². The molecule has 0 aliphatic carbocycles. The molecule has 0 aliphatic heterocycles. The zero-order chi connectivity index (χ0) is 10.8. The number of halogens is 2. The maximum Gasteiger partial charge on any atom is 0.150 e. The van der Waals surface area contributed by atoms with Crippen LogP contribution in [0.4, 0.5) is 4.39 Å². The molecule has 0 saturated heterocycles. The maximum atomic E-state index is 13.4. The van der Waals surface area contributed by atoms with E-state index in [2.05, 4.69) is 20.9 Å². The van der Waals surface area contributed by atoms with Gasteiger partial charge in [-0.25, -0.2) is 4.39 Å². The van der Waals surface area contributed by atoms with Crippen molar-refractivity contribution >= 4 is 26.8 Å². The van der Waals surface area contributed by atoms with Crippen LogP contribution in [0.2, 0.25) is 0 Å². The van der Waals surface area contributed by atoms with Gasteiger partial charge in [-0.2, -0.15) is 5.26 Å². The van der Waals surface area contributed by atoms with E-state index < -0.39 is 0 Å². The second-order valence-electron chi connectivity index (χ2n) is 3.14. The lowest BCUT2D eigenvalue weighted by Gasteiger charge is -2.01. The molecule has 15 heavy (non-hydrogen) atoms. The van der Waals surface area contributed by atoms with E-state index in [0.717, 1.165) is 5.56 Å². The standard InChI is InChI=1S/C11H6BrFN2/c12-9-4-8-3-7(1-2-14)6-15-11(8)10(13)5-9/h3-6H,1H2. The third-order valence-electron chi connectivity index (χ3n) is 2.04. The lowest BCUT2D eigenvalue weighted by atomic mass is 10.1. The molecular formula is C11H6BrFN2. The highest BCUT2D eigenvalue weighted by Crippen LogP contribution is 2.22. The largest absolute Gasteiger partial charge is 0.253 e. The molecule has 0 unspecified atom stereocenters. The summed E-state index contributed by atoms with van der Waals surface area (Å²) in [6.45, 7) is 0. The Labute approximate surface area is 94.5 Å². The molecule has 1 aromatic carbocycles. The van der Waals surface area contributed by atoms with E-state index in [1.165, 1.54) is 12.3 Å². The van der Waals surface area contributed by atoms with Crippen LogP contribution in [0.25, 0.3) is 10.9 Å². The molecule has 0 radical (unpaired) electrons. The lowest BCUT2D eigenvalue weighted by Crippen LogP contribution is -1.89. The highest BCUT2D eigenvalue weighted by molar-refractivity contribution is 9.10. The van der Waals surface area contributed by atoms with Crippen LogP contribution >= 0.6 is 15.9 Å². The molecule has 1 aromatic heterocycles. The zero-order valence-electron chi connectivity index (χ0n) is 7.67. The number of benzene rings is 1. The Hall–Kier alpha value is -1.47. The fourth-order valence-corrected chi connectivity index (χ4v) is 1.85. The molecule has 0 spiro atoms. The van der Waals surface area contributed by atoms with E-state index in [0.29, 0.717) is 15.4 Å². The summed E-state index contributed by atoms with van der Waals surface area (Å²) in [6.07, 6.45) is 1.82. The minimum atomic E-state index is -0.358. The molecule has 0 N–H and O–H groups in total. The SMILES string of the molecule is N#CCc1cnc2c(F)cc(Br)cc2c1. The van der Waals surface area contributed by atoms with Crippen molar-refractivity contribution in [1.29, 1.82) is 5.26 Å². The van der Waals surface area contributed by atoms with Crippen molar-refractivity contribution in [3.8, 4) is 6.07 Å². The summed E-state index contributed by atoms with van der Waals surface area (Å²) in [5.74, 6) is -0.358. The summed E-state index contributed by atoms with van der Waals surface area (Å²) < 4.78 is 14.1. The highest BCUT2D eigenvalue weighted by Gasteiger charge is 2.04. The van der Waals surface area contributed by atoms with Gasteiger partial charge >= 0.3 is 0 Å². The summed E-state index contributed by atoms with van der Waals surface area (Å²) in [7, 11) is 0. The molecule has 0 amide bonds. The first-order valence-corrected chi connectivity index (χ1v) is 5.10. The van der Waals surface area contributed by atoms with Crippen LogP contribution in [0, 0.1) is 17.1 Å². The van der Waals surface area contributed by atoms with E-state index >= 15 is 0 Å². The molecule has 2 rings (SSSR count). The zero-order valence-corrected chi connectivity index (χ0v) is 9.25. The Morgan fingerprint density at radius 2 is 2.20 bits per heavy atom. The fraction of sp³-hybridized carbons (Fsp3) is 0.0909. The Morgan fingerprint density at radius 3 is 2.93 bits per heavy atom. The van der Waals surface area contributed by atoms with Gasteiger partial charge in [0.05, 0.1) is 12.5 Å². The van der Waals surface area contributed by atoms with E-state index in [1.807, 2.05) is 6.07 Å². The van der Waals surface area contributed by atoms with Crippen molar-refractivity contribution in [1.82, 2.24) is 4.98 Å². The minimum absolute atomic E-state index is 0.289. The third-order valence-corrected chi connectivity index (χ3v) is 2.50. The molecule has 1 heterocycles. The van der Waals surface area contributed by atoms with Gasteiger partial charge in [0.15, 0.2) is 5.82 Å². The van der Waals surface area contributed by atoms with Crippen molar-refractivity contribution in [2.75, 3.05) is 0 Å². The van der Waals surface area contributed by atoms with E-state index in [-0.39, 0.29) is 12.2 Å². The van der Waals surface area contributed by atoms with Crippen molar-refractivity contribution < 1.29 is 4.39 Å². The highest BCUT2D eigenvalue weighted by atomic mass is 79.9. The molecule has 0 bridgehead atoms. The molecule has 2 nitrogen and oxygen atoms in total. The van der Waals surface area contributed by atoms with Gasteiger partial charge in [0, 0.05) is 16.1 Å². The molecule has 0 saturated carbocycles. The first-order chi connectivity index (χ1) is 7.20. The molecule has 0 fully saturated rings. The Kier molecular flexibility index (Phi) is 2.65. The van der Waals surface area contributed by atoms with Crippen molar-refractivity contribution in [3.05, 3.63) is 40.2 Å². The smallest absolute Gasteiger partial charge is 0.150 e. The number of nitriles is 1. The first kappa shape index (κ1) is 10.1. The summed E-state index contributed by atoms with van der Waals surface area (Å²) in [5, 5.41) is 9.24. The summed E-state index contributed by atoms with van der Waals surface area (Å²) in [6, 6.07) is 6.97. The number of pyridine rings is 1. The van der Waals surface area contributed by atoms with Gasteiger partial charge in [0.2, 0.25) is 0 Å². The average molecular weight is 265 g/mol. The number of aromatic nitrogens is 1. The van der Waals surface area contributed by atoms with Crippen LogP contribution in [0.5, 0.6) is 0 Å². The van der Waals surface area contributed by atoms with Gasteiger partial charge in [0.25, 0.3) is 0 Å². The van der Waals surface area contributed by atoms with Crippen LogP contribution < -0.4 is 0 Å². The quantitative estimate of drug-likeness (QED) is 0.793. The van der Waals surface area contributed by atoms with Crippen molar-refractivity contribution in [2.45, 2.75) is 6.42 Å². The molecule has 4 heteroatoms. The van der Waals surface area contributed by atoms with Gasteiger partial charge in [-0.3, -0.25) is 4.98 Å². The Balaban J connectivity index is 2.66. The van der Waals surface area contributed by atoms with Gasteiger partial charge in [-0.15, -0.1) is 0 Å². The maximum absolute atomic E-state index is 13.4. The van der Waals surface area contributed by atoms with Crippen LogP contribution in [-0.4, -0.2) is 4.98 Å². The predicted octanol–water partition coefficient (Wildman–Crippen LogP) is 3.20. The van der Waals surface area contributed by atoms with Crippen molar-refractivity contribution in [3.63, 3.8) is 0 Å². The number of rotatable bonds is 1. The predicted molar refractivity (Wildman–Crippen MR) is 58.7 cm³/mol. The second kappa shape index (κ2) is 3.95. The van der Waals surface area contributed by atoms with Gasteiger partial charge in [0.1, 0.15) is 5.52 Å². The van der Waals surface area contributed by atoms with Gasteiger partial charge < -0.3 is 0 Å². The van der Waals surface area contributed by atoms with Crippen LogP contribution in [0.3, 0.4) is 0 Å². The molecule has 74 valence electrons. The molecule has 0 aliphatic rings. The third kappa shape index (κ3) is 1.97.